The molecule has 2 unspecified atom stereocenters. The Bertz CT molecular complexity index is 551. The summed E-state index contributed by atoms with van der Waals surface area (Å²) in [4.78, 5) is 12.3. The molecule has 2 atom stereocenters. The third kappa shape index (κ3) is 2.81. The standard InChI is InChI=1S/C13H20O7S/c14-10(20-1-2-21(17,18)19)11-3-9-4-12(15,6-11)8-13(16,5-9)7-11/h9,15-16H,1-8H2,(H,17,18,19). The molecular weight excluding hydrogens is 300 g/mol. The van der Waals surface area contributed by atoms with Gasteiger partial charge in [0.15, 0.2) is 0 Å². The van der Waals surface area contributed by atoms with Crippen molar-refractivity contribution in [3.05, 3.63) is 0 Å². The Labute approximate surface area is 123 Å². The van der Waals surface area contributed by atoms with Crippen molar-refractivity contribution in [1.82, 2.24) is 0 Å². The number of hydrogen-bond donors (Lipinski definition) is 3. The minimum Gasteiger partial charge on any atom is -0.464 e. The van der Waals surface area contributed by atoms with Gasteiger partial charge in [-0.3, -0.25) is 9.35 Å². The molecule has 4 bridgehead atoms. The lowest BCUT2D eigenvalue weighted by atomic mass is 9.46. The molecule has 4 rings (SSSR count). The van der Waals surface area contributed by atoms with Gasteiger partial charge in [-0.2, -0.15) is 8.42 Å². The van der Waals surface area contributed by atoms with E-state index in [9.17, 15) is 23.4 Å². The molecule has 4 aliphatic rings. The molecule has 0 aromatic rings. The van der Waals surface area contributed by atoms with Crippen LogP contribution in [0.1, 0.15) is 38.5 Å². The van der Waals surface area contributed by atoms with Gasteiger partial charge in [-0.25, -0.2) is 0 Å². The number of carbonyl (C=O) groups is 1. The summed E-state index contributed by atoms with van der Waals surface area (Å²) in [5, 5.41) is 21.1. The van der Waals surface area contributed by atoms with Crippen molar-refractivity contribution in [1.29, 1.82) is 0 Å². The van der Waals surface area contributed by atoms with E-state index in [1.54, 1.807) is 0 Å². The van der Waals surface area contributed by atoms with Crippen LogP contribution in [0.25, 0.3) is 0 Å². The first-order valence-corrected chi connectivity index (χ1v) is 8.71. The molecule has 0 spiro atoms. The second-order valence-electron chi connectivity index (χ2n) is 7.16. The highest BCUT2D eigenvalue weighted by Gasteiger charge is 2.65. The second kappa shape index (κ2) is 4.41. The van der Waals surface area contributed by atoms with Crippen LogP contribution in [0.5, 0.6) is 0 Å². The molecule has 0 saturated heterocycles. The highest BCUT2D eigenvalue weighted by Crippen LogP contribution is 2.63. The summed E-state index contributed by atoms with van der Waals surface area (Å²) in [6, 6.07) is 0. The zero-order chi connectivity index (χ0) is 15.5. The fraction of sp³-hybridized carbons (Fsp3) is 0.923. The molecule has 8 heteroatoms. The van der Waals surface area contributed by atoms with Crippen molar-refractivity contribution in [2.24, 2.45) is 11.3 Å². The van der Waals surface area contributed by atoms with Gasteiger partial charge < -0.3 is 14.9 Å². The Morgan fingerprint density at radius 1 is 1.10 bits per heavy atom. The van der Waals surface area contributed by atoms with Gasteiger partial charge in [0.1, 0.15) is 12.4 Å². The van der Waals surface area contributed by atoms with E-state index in [2.05, 4.69) is 0 Å². The number of ether oxygens (including phenoxy) is 1. The average molecular weight is 320 g/mol. The third-order valence-electron chi connectivity index (χ3n) is 5.02. The zero-order valence-electron chi connectivity index (χ0n) is 11.6. The lowest BCUT2D eigenvalue weighted by molar-refractivity contribution is -0.237. The van der Waals surface area contributed by atoms with Gasteiger partial charge in [0.25, 0.3) is 10.1 Å². The molecule has 21 heavy (non-hydrogen) atoms. The zero-order valence-corrected chi connectivity index (χ0v) is 12.4. The van der Waals surface area contributed by atoms with E-state index in [4.69, 9.17) is 9.29 Å². The summed E-state index contributed by atoms with van der Waals surface area (Å²) in [5.41, 5.74) is -2.99. The quantitative estimate of drug-likeness (QED) is 0.487. The van der Waals surface area contributed by atoms with Crippen LogP contribution in [0.4, 0.5) is 0 Å². The van der Waals surface area contributed by atoms with Gasteiger partial charge in [-0.15, -0.1) is 0 Å². The number of rotatable bonds is 4. The summed E-state index contributed by atoms with van der Waals surface area (Å²) in [6.45, 7) is -0.416. The Hall–Kier alpha value is -0.700. The van der Waals surface area contributed by atoms with Gasteiger partial charge in [0, 0.05) is 6.42 Å². The first kappa shape index (κ1) is 15.2. The molecule has 4 saturated carbocycles. The molecule has 0 heterocycles. The monoisotopic (exact) mass is 320 g/mol. The Morgan fingerprint density at radius 2 is 1.67 bits per heavy atom. The van der Waals surface area contributed by atoms with Crippen LogP contribution >= 0.6 is 0 Å². The van der Waals surface area contributed by atoms with Crippen LogP contribution in [0.2, 0.25) is 0 Å². The lowest BCUT2D eigenvalue weighted by Gasteiger charge is -2.61. The van der Waals surface area contributed by atoms with Crippen molar-refractivity contribution in [3.63, 3.8) is 0 Å². The average Bonchev–Trinajstić information content (AvgIpc) is 2.21. The summed E-state index contributed by atoms with van der Waals surface area (Å²) < 4.78 is 34.9. The lowest BCUT2D eigenvalue weighted by Crippen LogP contribution is -2.65. The first-order chi connectivity index (χ1) is 9.53. The van der Waals surface area contributed by atoms with Gasteiger partial charge in [0.2, 0.25) is 0 Å². The summed E-state index contributed by atoms with van der Waals surface area (Å²) in [7, 11) is -4.18. The van der Waals surface area contributed by atoms with Gasteiger partial charge >= 0.3 is 5.97 Å². The minimum atomic E-state index is -4.18. The second-order valence-corrected chi connectivity index (χ2v) is 8.73. The SMILES string of the molecule is O=C(OCCS(=O)(=O)O)C12CC3CC(O)(CC(O)(C3)C1)C2. The third-order valence-corrected chi connectivity index (χ3v) is 5.70. The largest absolute Gasteiger partial charge is 0.464 e. The Kier molecular flexibility index (Phi) is 3.19. The van der Waals surface area contributed by atoms with E-state index in [0.29, 0.717) is 19.3 Å². The van der Waals surface area contributed by atoms with Crippen LogP contribution in [-0.2, 0) is 19.6 Å². The number of carbonyl (C=O) groups excluding carboxylic acids is 1. The molecule has 0 radical (unpaired) electrons. The van der Waals surface area contributed by atoms with Crippen molar-refractivity contribution in [2.45, 2.75) is 49.7 Å². The summed E-state index contributed by atoms with van der Waals surface area (Å²) in [5.74, 6) is -1.13. The van der Waals surface area contributed by atoms with Gasteiger partial charge in [0.05, 0.1) is 16.6 Å². The molecule has 0 aliphatic heterocycles. The van der Waals surface area contributed by atoms with Crippen LogP contribution in [-0.4, -0.2) is 52.7 Å². The topological polar surface area (TPSA) is 121 Å². The van der Waals surface area contributed by atoms with E-state index < -0.39 is 45.1 Å². The van der Waals surface area contributed by atoms with E-state index in [-0.39, 0.29) is 25.2 Å². The molecule has 3 N–H and O–H groups in total. The maximum Gasteiger partial charge on any atom is 0.312 e. The van der Waals surface area contributed by atoms with Gasteiger partial charge in [-0.1, -0.05) is 0 Å². The molecule has 0 aromatic heterocycles. The van der Waals surface area contributed by atoms with Gasteiger partial charge in [-0.05, 0) is 38.0 Å². The molecule has 0 amide bonds. The van der Waals surface area contributed by atoms with E-state index >= 15 is 0 Å². The fourth-order valence-electron chi connectivity index (χ4n) is 4.96. The maximum atomic E-state index is 12.3. The fourth-order valence-corrected chi connectivity index (χ4v) is 5.25. The normalized spacial score (nSPS) is 44.8. The maximum absolute atomic E-state index is 12.3. The van der Waals surface area contributed by atoms with Crippen molar-refractivity contribution < 1.29 is 32.7 Å². The van der Waals surface area contributed by atoms with E-state index in [1.807, 2.05) is 0 Å². The highest BCUT2D eigenvalue weighted by molar-refractivity contribution is 7.85. The van der Waals surface area contributed by atoms with E-state index in [1.165, 1.54) is 0 Å². The van der Waals surface area contributed by atoms with Crippen LogP contribution in [0.3, 0.4) is 0 Å². The van der Waals surface area contributed by atoms with Crippen molar-refractivity contribution >= 4 is 16.1 Å². The first-order valence-electron chi connectivity index (χ1n) is 7.11. The molecule has 120 valence electrons. The molecule has 7 nitrogen and oxygen atoms in total. The van der Waals surface area contributed by atoms with Crippen LogP contribution in [0.15, 0.2) is 0 Å². The number of hydrogen-bond acceptors (Lipinski definition) is 6. The summed E-state index contributed by atoms with van der Waals surface area (Å²) >= 11 is 0. The van der Waals surface area contributed by atoms with Crippen molar-refractivity contribution in [2.75, 3.05) is 12.4 Å². The number of aliphatic hydroxyl groups is 2. The van der Waals surface area contributed by atoms with Crippen molar-refractivity contribution in [3.8, 4) is 0 Å². The molecule has 4 aliphatic carbocycles. The predicted molar refractivity (Wildman–Crippen MR) is 70.9 cm³/mol. The smallest absolute Gasteiger partial charge is 0.312 e. The molecular formula is C13H20O7S. The Morgan fingerprint density at radius 3 is 2.14 bits per heavy atom. The highest BCUT2D eigenvalue weighted by atomic mass is 32.2. The van der Waals surface area contributed by atoms with Crippen LogP contribution in [0, 0.1) is 11.3 Å². The molecule has 4 fully saturated rings. The minimum absolute atomic E-state index is 0.0883. The predicted octanol–water partition coefficient (Wildman–Crippen LogP) is -0.136. The number of esters is 1. The summed E-state index contributed by atoms with van der Waals surface area (Å²) in [6.07, 6.45) is 2.54. The Balaban J connectivity index is 1.74. The molecule has 0 aromatic carbocycles. The van der Waals surface area contributed by atoms with Crippen LogP contribution < -0.4 is 0 Å². The van der Waals surface area contributed by atoms with E-state index in [0.717, 1.165) is 0 Å².